The minimum absolute atomic E-state index is 0.00845. The average Bonchev–Trinajstić information content (AvgIpc) is 3.68. The van der Waals surface area contributed by atoms with E-state index in [0.29, 0.717) is 25.0 Å². The van der Waals surface area contributed by atoms with E-state index in [1.165, 1.54) is 11.2 Å². The number of alkyl halides is 6. The quantitative estimate of drug-likeness (QED) is 0.429. The number of hydrogen-bond acceptors (Lipinski definition) is 4. The van der Waals surface area contributed by atoms with Crippen molar-refractivity contribution in [3.05, 3.63) is 58.2 Å². The number of hydrogen-bond donors (Lipinski definition) is 1. The number of halogens is 8. The van der Waals surface area contributed by atoms with Gasteiger partial charge in [-0.25, -0.2) is 17.2 Å². The summed E-state index contributed by atoms with van der Waals surface area (Å²) in [6.07, 6.45) is -10.1. The number of benzene rings is 2. The smallest absolute Gasteiger partial charge is 0.369 e. The second kappa shape index (κ2) is 10.5. The zero-order chi connectivity index (χ0) is 29.8. The summed E-state index contributed by atoms with van der Waals surface area (Å²) in [6, 6.07) is 2.82. The highest BCUT2D eigenvalue weighted by atomic mass is 32.2. The van der Waals surface area contributed by atoms with E-state index >= 15 is 8.78 Å². The maximum atomic E-state index is 15.9. The molecule has 2 aromatic carbocycles. The van der Waals surface area contributed by atoms with Crippen molar-refractivity contribution in [3.63, 3.8) is 0 Å². The lowest BCUT2D eigenvalue weighted by molar-refractivity contribution is -0.376. The van der Waals surface area contributed by atoms with Crippen molar-refractivity contribution in [2.75, 3.05) is 32.4 Å². The fourth-order valence-electron chi connectivity index (χ4n) is 5.15. The SMILES string of the molecule is CCc1cc(C(O)(C(F)(F)F)C(F)(F)F)ccc1-c1c(F)cc(CN2CCN(S(C)(=O)=O)CC2)c(F)c1C1CC1. The normalized spacial score (nSPS) is 18.4. The molecule has 0 spiro atoms. The number of aliphatic hydroxyl groups is 1. The lowest BCUT2D eigenvalue weighted by atomic mass is 9.85. The molecule has 40 heavy (non-hydrogen) atoms. The van der Waals surface area contributed by atoms with Crippen molar-refractivity contribution >= 4 is 10.0 Å². The van der Waals surface area contributed by atoms with Gasteiger partial charge in [0.05, 0.1) is 6.26 Å². The largest absolute Gasteiger partial charge is 0.430 e. The Morgan fingerprint density at radius 3 is 1.98 bits per heavy atom. The summed E-state index contributed by atoms with van der Waals surface area (Å²) in [5.74, 6) is -1.96. The molecule has 0 aromatic heterocycles. The molecule has 1 N–H and O–H groups in total. The molecule has 2 fully saturated rings. The molecule has 0 radical (unpaired) electrons. The monoisotopic (exact) mass is 600 g/mol. The van der Waals surface area contributed by atoms with Crippen molar-refractivity contribution in [1.82, 2.24) is 9.21 Å². The van der Waals surface area contributed by atoms with E-state index in [1.54, 1.807) is 4.90 Å². The minimum atomic E-state index is -6.08. The van der Waals surface area contributed by atoms with Gasteiger partial charge in [0.25, 0.3) is 5.60 Å². The zero-order valence-electron chi connectivity index (χ0n) is 21.6. The topological polar surface area (TPSA) is 60.9 Å². The third kappa shape index (κ3) is 5.59. The van der Waals surface area contributed by atoms with Gasteiger partial charge in [0.15, 0.2) is 0 Å². The average molecular weight is 601 g/mol. The van der Waals surface area contributed by atoms with Crippen molar-refractivity contribution < 1.29 is 48.6 Å². The lowest BCUT2D eigenvalue weighted by Crippen LogP contribution is -2.53. The predicted molar refractivity (Wildman–Crippen MR) is 131 cm³/mol. The Hall–Kier alpha value is -2.29. The van der Waals surface area contributed by atoms with Gasteiger partial charge in [-0.05, 0) is 42.4 Å². The van der Waals surface area contributed by atoms with Crippen LogP contribution in [0.5, 0.6) is 0 Å². The highest BCUT2D eigenvalue weighted by Gasteiger charge is 2.71. The van der Waals surface area contributed by atoms with Crippen LogP contribution in [-0.2, 0) is 28.6 Å². The van der Waals surface area contributed by atoms with E-state index in [0.717, 1.165) is 18.4 Å². The second-order valence-corrected chi connectivity index (χ2v) is 12.2. The van der Waals surface area contributed by atoms with Crippen molar-refractivity contribution in [2.24, 2.45) is 0 Å². The van der Waals surface area contributed by atoms with Crippen LogP contribution in [0.3, 0.4) is 0 Å². The molecule has 0 unspecified atom stereocenters. The molecule has 0 bridgehead atoms. The van der Waals surface area contributed by atoms with Crippen molar-refractivity contribution in [2.45, 2.75) is 56.6 Å². The molecule has 1 heterocycles. The van der Waals surface area contributed by atoms with E-state index in [4.69, 9.17) is 0 Å². The van der Waals surface area contributed by atoms with Crippen LogP contribution in [0.2, 0.25) is 0 Å². The first-order valence-corrected chi connectivity index (χ1v) is 14.4. The molecule has 1 saturated carbocycles. The summed E-state index contributed by atoms with van der Waals surface area (Å²) in [7, 11) is -3.39. The number of aryl methyl sites for hydroxylation is 1. The summed E-state index contributed by atoms with van der Waals surface area (Å²) in [4.78, 5) is 1.78. The number of piperazine rings is 1. The van der Waals surface area contributed by atoms with Gasteiger partial charge in [0, 0.05) is 55.0 Å². The highest BCUT2D eigenvalue weighted by Crippen LogP contribution is 2.52. The standard InChI is InChI=1S/C26H28F8N2O3S/c1-3-15-12-18(24(37,25(29,30)31)26(32,33)34)6-7-19(15)22-20(27)13-17(23(28)21(22)16-4-5-16)14-35-8-10-36(11-9-35)40(2,38)39/h6-7,12-13,16,37H,3-5,8-11,14H2,1-2H3. The Bertz CT molecular complexity index is 1370. The molecule has 5 nitrogen and oxygen atoms in total. The first-order chi connectivity index (χ1) is 18.4. The van der Waals surface area contributed by atoms with E-state index in [1.807, 2.05) is 0 Å². The van der Waals surface area contributed by atoms with Gasteiger partial charge in [-0.15, -0.1) is 0 Å². The van der Waals surface area contributed by atoms with Gasteiger partial charge in [-0.3, -0.25) is 4.90 Å². The number of nitrogens with zero attached hydrogens (tertiary/aromatic N) is 2. The van der Waals surface area contributed by atoms with Crippen LogP contribution in [0.1, 0.15) is 47.9 Å². The molecule has 4 rings (SSSR count). The minimum Gasteiger partial charge on any atom is -0.369 e. The molecular weight excluding hydrogens is 572 g/mol. The molecular formula is C26H28F8N2O3S. The van der Waals surface area contributed by atoms with Crippen LogP contribution in [0.4, 0.5) is 35.1 Å². The maximum Gasteiger partial charge on any atom is 0.430 e. The van der Waals surface area contributed by atoms with Crippen molar-refractivity contribution in [3.8, 4) is 11.1 Å². The molecule has 1 aliphatic carbocycles. The van der Waals surface area contributed by atoms with Gasteiger partial charge in [-0.1, -0.05) is 25.1 Å². The third-order valence-corrected chi connectivity index (χ3v) is 8.80. The summed E-state index contributed by atoms with van der Waals surface area (Å²) < 4.78 is 137. The molecule has 2 aliphatic rings. The van der Waals surface area contributed by atoms with E-state index in [-0.39, 0.29) is 72.9 Å². The Morgan fingerprint density at radius 1 is 0.925 bits per heavy atom. The van der Waals surface area contributed by atoms with E-state index < -0.39 is 45.2 Å². The lowest BCUT2D eigenvalue weighted by Gasteiger charge is -2.33. The van der Waals surface area contributed by atoms with E-state index in [9.17, 15) is 39.9 Å². The fraction of sp³-hybridized carbons (Fsp3) is 0.538. The fourth-order valence-corrected chi connectivity index (χ4v) is 5.97. The Morgan fingerprint density at radius 2 is 1.50 bits per heavy atom. The Balaban J connectivity index is 1.75. The van der Waals surface area contributed by atoms with Gasteiger partial charge < -0.3 is 5.11 Å². The summed E-state index contributed by atoms with van der Waals surface area (Å²) in [5.41, 5.74) is -6.97. The number of sulfonamides is 1. The number of rotatable bonds is 7. The van der Waals surface area contributed by atoms with Crippen molar-refractivity contribution in [1.29, 1.82) is 0 Å². The van der Waals surface area contributed by atoms with Crippen LogP contribution in [0, 0.1) is 11.6 Å². The molecule has 2 aromatic rings. The van der Waals surface area contributed by atoms with Crippen LogP contribution in [0.25, 0.3) is 11.1 Å². The first-order valence-electron chi connectivity index (χ1n) is 12.6. The van der Waals surface area contributed by atoms with Gasteiger partial charge in [-0.2, -0.15) is 30.6 Å². The molecule has 1 aliphatic heterocycles. The van der Waals surface area contributed by atoms with Crippen LogP contribution >= 0.6 is 0 Å². The predicted octanol–water partition coefficient (Wildman–Crippen LogP) is 5.46. The summed E-state index contributed by atoms with van der Waals surface area (Å²) >= 11 is 0. The first kappa shape index (κ1) is 30.7. The van der Waals surface area contributed by atoms with Gasteiger partial charge in [0.1, 0.15) is 11.6 Å². The van der Waals surface area contributed by atoms with Gasteiger partial charge in [0.2, 0.25) is 10.0 Å². The Labute approximate surface area is 226 Å². The molecule has 1 saturated heterocycles. The van der Waals surface area contributed by atoms with Crippen LogP contribution in [-0.4, -0.2) is 67.5 Å². The highest BCUT2D eigenvalue weighted by molar-refractivity contribution is 7.88. The van der Waals surface area contributed by atoms with Crippen LogP contribution < -0.4 is 0 Å². The third-order valence-electron chi connectivity index (χ3n) is 7.50. The van der Waals surface area contributed by atoms with E-state index in [2.05, 4.69) is 0 Å². The molecule has 222 valence electrons. The summed E-state index contributed by atoms with van der Waals surface area (Å²) in [6.45, 7) is 2.38. The maximum absolute atomic E-state index is 15.9. The molecule has 0 atom stereocenters. The van der Waals surface area contributed by atoms with Crippen LogP contribution in [0.15, 0.2) is 24.3 Å². The zero-order valence-corrected chi connectivity index (χ0v) is 22.5. The second-order valence-electron chi connectivity index (χ2n) is 10.3. The Kier molecular flexibility index (Phi) is 8.06. The molecule has 0 amide bonds. The molecule has 14 heteroatoms. The van der Waals surface area contributed by atoms with Gasteiger partial charge >= 0.3 is 12.4 Å². The summed E-state index contributed by atoms with van der Waals surface area (Å²) in [5, 5.41) is 9.82.